The number of aromatic hydroxyl groups is 1. The zero-order valence-electron chi connectivity index (χ0n) is 17.2. The molecule has 0 saturated carbocycles. The number of nitrogens with zero attached hydrogens (tertiary/aromatic N) is 1. The van der Waals surface area contributed by atoms with E-state index in [2.05, 4.69) is 10.3 Å². The number of carbonyl (C=O) groups excluding carboxylic acids is 1. The number of hydrogen-bond donors (Lipinski definition) is 2. The molecule has 0 aliphatic carbocycles. The molecule has 6 nitrogen and oxygen atoms in total. The van der Waals surface area contributed by atoms with Gasteiger partial charge in [0.2, 0.25) is 5.89 Å². The fourth-order valence-corrected chi connectivity index (χ4v) is 3.93. The first-order chi connectivity index (χ1) is 15.9. The van der Waals surface area contributed by atoms with Crippen LogP contribution in [0.25, 0.3) is 33.9 Å². The molecule has 8 heteroatoms. The summed E-state index contributed by atoms with van der Waals surface area (Å²) in [5, 5.41) is 14.0. The number of carbonyl (C=O) groups is 1. The number of hydrogen-bond acceptors (Lipinski definition) is 5. The predicted octanol–water partition coefficient (Wildman–Crippen LogP) is 7.33. The molecule has 0 aliphatic rings. The minimum atomic E-state index is -0.462. The van der Waals surface area contributed by atoms with Gasteiger partial charge in [0, 0.05) is 16.3 Å². The van der Waals surface area contributed by atoms with Crippen molar-refractivity contribution in [3.63, 3.8) is 0 Å². The van der Waals surface area contributed by atoms with Gasteiger partial charge in [-0.3, -0.25) is 4.79 Å². The van der Waals surface area contributed by atoms with Gasteiger partial charge in [-0.15, -0.1) is 0 Å². The Kier molecular flexibility index (Phi) is 5.32. The summed E-state index contributed by atoms with van der Waals surface area (Å²) < 4.78 is 11.5. The molecular formula is C25H16Cl2N2O4. The Morgan fingerprint density at radius 1 is 0.939 bits per heavy atom. The van der Waals surface area contributed by atoms with Gasteiger partial charge in [-0.2, -0.15) is 0 Å². The van der Waals surface area contributed by atoms with E-state index in [4.69, 9.17) is 32.0 Å². The molecule has 0 fully saturated rings. The zero-order valence-corrected chi connectivity index (χ0v) is 18.7. The fraction of sp³-hybridized carbons (Fsp3) is 0.0400. The minimum absolute atomic E-state index is 0.0195. The predicted molar refractivity (Wildman–Crippen MR) is 128 cm³/mol. The number of aromatic nitrogens is 1. The van der Waals surface area contributed by atoms with Crippen molar-refractivity contribution in [2.24, 2.45) is 0 Å². The van der Waals surface area contributed by atoms with Crippen molar-refractivity contribution in [2.75, 3.05) is 5.32 Å². The summed E-state index contributed by atoms with van der Waals surface area (Å²) >= 11 is 12.2. The Balaban J connectivity index is 1.41. The van der Waals surface area contributed by atoms with E-state index in [-0.39, 0.29) is 17.4 Å². The van der Waals surface area contributed by atoms with Crippen molar-refractivity contribution in [2.45, 2.75) is 6.92 Å². The molecular weight excluding hydrogens is 463 g/mol. The Labute approximate surface area is 198 Å². The maximum absolute atomic E-state index is 12.7. The number of amides is 1. The molecule has 1 amide bonds. The molecule has 0 aliphatic heterocycles. The average Bonchev–Trinajstić information content (AvgIpc) is 3.42. The maximum atomic E-state index is 12.7. The van der Waals surface area contributed by atoms with Crippen LogP contribution in [0, 0.1) is 6.92 Å². The Bertz CT molecular complexity index is 1520. The summed E-state index contributed by atoms with van der Waals surface area (Å²) in [7, 11) is 0. The van der Waals surface area contributed by atoms with Crippen LogP contribution in [0.1, 0.15) is 16.1 Å². The first-order valence-electron chi connectivity index (χ1n) is 9.94. The molecule has 0 radical (unpaired) electrons. The molecule has 0 saturated heterocycles. The number of aryl methyl sites for hydroxylation is 1. The number of benzene rings is 3. The number of phenolic OH excluding ortho intramolecular Hbond substituents is 1. The number of nitrogens with one attached hydrogen (secondary N) is 1. The van der Waals surface area contributed by atoms with Gasteiger partial charge in [0.15, 0.2) is 11.3 Å². The lowest BCUT2D eigenvalue weighted by atomic mass is 10.1. The quantitative estimate of drug-likeness (QED) is 0.264. The molecule has 3 aromatic carbocycles. The van der Waals surface area contributed by atoms with Crippen LogP contribution < -0.4 is 5.32 Å². The summed E-state index contributed by atoms with van der Waals surface area (Å²) in [6.07, 6.45) is 0. The number of halogens is 2. The second kappa shape index (κ2) is 8.31. The SMILES string of the molecule is Cc1ccc2oc(-c3cc(NC(=O)c4ccc(-c5ccc(Cl)cc5Cl)o4)ccc3O)nc2c1. The molecule has 5 rings (SSSR count). The van der Waals surface area contributed by atoms with Crippen LogP contribution in [0.2, 0.25) is 10.0 Å². The highest BCUT2D eigenvalue weighted by atomic mass is 35.5. The van der Waals surface area contributed by atoms with Gasteiger partial charge in [-0.25, -0.2) is 4.98 Å². The summed E-state index contributed by atoms with van der Waals surface area (Å²) in [4.78, 5) is 17.2. The zero-order chi connectivity index (χ0) is 23.1. The van der Waals surface area contributed by atoms with Gasteiger partial charge < -0.3 is 19.3 Å². The molecule has 164 valence electrons. The highest BCUT2D eigenvalue weighted by Crippen LogP contribution is 2.34. The lowest BCUT2D eigenvalue weighted by molar-refractivity contribution is 0.0997. The molecule has 2 heterocycles. The van der Waals surface area contributed by atoms with Crippen LogP contribution >= 0.6 is 23.2 Å². The monoisotopic (exact) mass is 478 g/mol. The Morgan fingerprint density at radius 3 is 2.61 bits per heavy atom. The fourth-order valence-electron chi connectivity index (χ4n) is 3.42. The van der Waals surface area contributed by atoms with E-state index in [9.17, 15) is 9.90 Å². The standard InChI is InChI=1S/C25H16Cl2N2O4/c1-13-2-7-22-19(10-13)29-25(33-22)17-12-15(4-6-20(17)30)28-24(31)23-9-8-21(32-23)16-5-3-14(26)11-18(16)27/h2-12,30H,1H3,(H,28,31). The smallest absolute Gasteiger partial charge is 0.291 e. The number of oxazole rings is 1. The Hall–Kier alpha value is -3.74. The number of anilines is 1. The van der Waals surface area contributed by atoms with Gasteiger partial charge in [0.25, 0.3) is 5.91 Å². The molecule has 0 unspecified atom stereocenters. The highest BCUT2D eigenvalue weighted by Gasteiger charge is 2.17. The molecule has 33 heavy (non-hydrogen) atoms. The van der Waals surface area contributed by atoms with E-state index in [0.717, 1.165) is 5.56 Å². The first kappa shape index (κ1) is 21.1. The molecule has 5 aromatic rings. The number of fused-ring (bicyclic) bond motifs is 1. The van der Waals surface area contributed by atoms with Crippen molar-refractivity contribution in [1.29, 1.82) is 0 Å². The third-order valence-corrected chi connectivity index (χ3v) is 5.60. The van der Waals surface area contributed by atoms with E-state index in [1.165, 1.54) is 6.07 Å². The van der Waals surface area contributed by atoms with Crippen molar-refractivity contribution in [3.8, 4) is 28.5 Å². The number of rotatable bonds is 4. The normalized spacial score (nSPS) is 11.1. The number of phenols is 1. The van der Waals surface area contributed by atoms with Crippen LogP contribution in [-0.2, 0) is 0 Å². The summed E-state index contributed by atoms with van der Waals surface area (Å²) in [6, 6.07) is 18.5. The van der Waals surface area contributed by atoms with Crippen LogP contribution in [0.15, 0.2) is 75.6 Å². The third-order valence-electron chi connectivity index (χ3n) is 5.05. The molecule has 2 N–H and O–H groups in total. The van der Waals surface area contributed by atoms with Crippen molar-refractivity contribution >= 4 is 45.9 Å². The van der Waals surface area contributed by atoms with Crippen LogP contribution in [0.5, 0.6) is 5.75 Å². The largest absolute Gasteiger partial charge is 0.507 e. The molecule has 2 aromatic heterocycles. The van der Waals surface area contributed by atoms with Crippen molar-refractivity contribution in [3.05, 3.63) is 88.1 Å². The van der Waals surface area contributed by atoms with Gasteiger partial charge in [-0.05, 0) is 73.2 Å². The van der Waals surface area contributed by atoms with Crippen molar-refractivity contribution in [1.82, 2.24) is 4.98 Å². The van der Waals surface area contributed by atoms with Crippen LogP contribution in [0.4, 0.5) is 5.69 Å². The van der Waals surface area contributed by atoms with Gasteiger partial charge in [0.1, 0.15) is 17.0 Å². The second-order valence-electron chi connectivity index (χ2n) is 7.46. The van der Waals surface area contributed by atoms with E-state index >= 15 is 0 Å². The van der Waals surface area contributed by atoms with Gasteiger partial charge in [0.05, 0.1) is 10.6 Å². The van der Waals surface area contributed by atoms with E-state index in [1.54, 1.807) is 42.5 Å². The summed E-state index contributed by atoms with van der Waals surface area (Å²) in [5.41, 5.74) is 3.75. The average molecular weight is 479 g/mol. The first-order valence-corrected chi connectivity index (χ1v) is 10.7. The lowest BCUT2D eigenvalue weighted by Gasteiger charge is -2.07. The lowest BCUT2D eigenvalue weighted by Crippen LogP contribution is -2.10. The van der Waals surface area contributed by atoms with Crippen LogP contribution in [0.3, 0.4) is 0 Å². The number of furan rings is 1. The maximum Gasteiger partial charge on any atom is 0.291 e. The van der Waals surface area contributed by atoms with E-state index < -0.39 is 5.91 Å². The molecule has 0 bridgehead atoms. The highest BCUT2D eigenvalue weighted by molar-refractivity contribution is 6.36. The van der Waals surface area contributed by atoms with Crippen LogP contribution in [-0.4, -0.2) is 16.0 Å². The van der Waals surface area contributed by atoms with Gasteiger partial charge in [-0.1, -0.05) is 29.3 Å². The Morgan fingerprint density at radius 2 is 1.79 bits per heavy atom. The van der Waals surface area contributed by atoms with E-state index in [1.807, 2.05) is 25.1 Å². The van der Waals surface area contributed by atoms with Gasteiger partial charge >= 0.3 is 0 Å². The summed E-state index contributed by atoms with van der Waals surface area (Å²) in [6.45, 7) is 1.96. The summed E-state index contributed by atoms with van der Waals surface area (Å²) in [5.74, 6) is 0.310. The second-order valence-corrected chi connectivity index (χ2v) is 8.31. The minimum Gasteiger partial charge on any atom is -0.507 e. The van der Waals surface area contributed by atoms with E-state index in [0.29, 0.717) is 43.7 Å². The molecule has 0 atom stereocenters. The third kappa shape index (κ3) is 4.18. The molecule has 0 spiro atoms. The van der Waals surface area contributed by atoms with Crippen molar-refractivity contribution < 1.29 is 18.7 Å². The topological polar surface area (TPSA) is 88.5 Å².